The second-order valence-electron chi connectivity index (χ2n) is 4.53. The normalized spacial score (nSPS) is 11.1. The highest BCUT2D eigenvalue weighted by molar-refractivity contribution is 7.15. The minimum Gasteiger partial charge on any atom is -0.496 e. The summed E-state index contributed by atoms with van der Waals surface area (Å²) in [5, 5.41) is 1.58. The lowest BCUT2D eigenvalue weighted by molar-refractivity contribution is 0.416. The van der Waals surface area contributed by atoms with Crippen LogP contribution in [0, 0.1) is 0 Å². The molecule has 0 saturated carbocycles. The van der Waals surface area contributed by atoms with Gasteiger partial charge in [-0.25, -0.2) is 4.98 Å². The molecule has 0 radical (unpaired) electrons. The average Bonchev–Trinajstić information content (AvgIpc) is 2.82. The van der Waals surface area contributed by atoms with Crippen LogP contribution in [0.25, 0.3) is 10.6 Å². The smallest absolute Gasteiger partial charge is 0.130 e. The van der Waals surface area contributed by atoms with Gasteiger partial charge < -0.3 is 10.5 Å². The zero-order valence-corrected chi connectivity index (χ0v) is 12.8. The van der Waals surface area contributed by atoms with E-state index in [1.807, 2.05) is 12.1 Å². The number of thiazole rings is 1. The first kappa shape index (κ1) is 14.3. The maximum atomic E-state index is 5.98. The van der Waals surface area contributed by atoms with Gasteiger partial charge in [0.15, 0.2) is 0 Å². The van der Waals surface area contributed by atoms with Crippen LogP contribution in [0.2, 0.25) is 5.02 Å². The fourth-order valence-corrected chi connectivity index (χ4v) is 3.21. The number of ether oxygens (including phenoxy) is 1. The van der Waals surface area contributed by atoms with Gasteiger partial charge in [-0.3, -0.25) is 0 Å². The Morgan fingerprint density at radius 3 is 2.68 bits per heavy atom. The van der Waals surface area contributed by atoms with Crippen LogP contribution in [0.1, 0.15) is 30.3 Å². The van der Waals surface area contributed by atoms with Crippen molar-refractivity contribution in [1.29, 1.82) is 0 Å². The first-order chi connectivity index (χ1) is 9.06. The largest absolute Gasteiger partial charge is 0.496 e. The summed E-state index contributed by atoms with van der Waals surface area (Å²) in [6, 6.07) is 5.58. The third kappa shape index (κ3) is 2.91. The molecule has 0 aliphatic rings. The molecule has 0 saturated heterocycles. The van der Waals surface area contributed by atoms with Crippen LogP contribution in [0.15, 0.2) is 18.2 Å². The Hall–Kier alpha value is -1.10. The van der Waals surface area contributed by atoms with Crippen LogP contribution in [-0.4, -0.2) is 12.1 Å². The highest BCUT2D eigenvalue weighted by Crippen LogP contribution is 2.37. The first-order valence-electron chi connectivity index (χ1n) is 6.10. The summed E-state index contributed by atoms with van der Waals surface area (Å²) in [5.41, 5.74) is 7.82. The van der Waals surface area contributed by atoms with Crippen molar-refractivity contribution in [2.45, 2.75) is 26.3 Å². The summed E-state index contributed by atoms with van der Waals surface area (Å²) in [4.78, 5) is 5.83. The van der Waals surface area contributed by atoms with Crippen molar-refractivity contribution in [2.24, 2.45) is 5.73 Å². The molecular formula is C14H17ClN2OS. The topological polar surface area (TPSA) is 48.1 Å². The maximum absolute atomic E-state index is 5.98. The molecule has 2 rings (SSSR count). The van der Waals surface area contributed by atoms with Gasteiger partial charge in [0.1, 0.15) is 10.8 Å². The van der Waals surface area contributed by atoms with Crippen molar-refractivity contribution >= 4 is 22.9 Å². The standard InChI is InChI=1S/C14H17ClN2OS/c1-8(2)13-12(7-16)19-14(17-13)10-5-4-9(15)6-11(10)18-3/h4-6,8H,7,16H2,1-3H3. The lowest BCUT2D eigenvalue weighted by atomic mass is 10.1. The molecule has 1 aromatic heterocycles. The van der Waals surface area contributed by atoms with Crippen molar-refractivity contribution in [2.75, 3.05) is 7.11 Å². The molecule has 0 amide bonds. The van der Waals surface area contributed by atoms with Crippen LogP contribution in [0.4, 0.5) is 0 Å². The van der Waals surface area contributed by atoms with Crippen molar-refractivity contribution < 1.29 is 4.74 Å². The maximum Gasteiger partial charge on any atom is 0.130 e. The Labute approximate surface area is 122 Å². The summed E-state index contributed by atoms with van der Waals surface area (Å²) in [6.07, 6.45) is 0. The summed E-state index contributed by atoms with van der Waals surface area (Å²) < 4.78 is 5.37. The van der Waals surface area contributed by atoms with Crippen LogP contribution in [-0.2, 0) is 6.54 Å². The zero-order valence-electron chi connectivity index (χ0n) is 11.2. The van der Waals surface area contributed by atoms with Crippen LogP contribution in [0.3, 0.4) is 0 Å². The van der Waals surface area contributed by atoms with E-state index in [4.69, 9.17) is 27.1 Å². The van der Waals surface area contributed by atoms with E-state index in [0.717, 1.165) is 26.9 Å². The molecule has 1 aromatic carbocycles. The number of aromatic nitrogens is 1. The van der Waals surface area contributed by atoms with Crippen molar-refractivity contribution in [3.05, 3.63) is 33.8 Å². The molecule has 0 aliphatic carbocycles. The molecule has 0 bridgehead atoms. The van der Waals surface area contributed by atoms with E-state index in [9.17, 15) is 0 Å². The molecule has 1 heterocycles. The zero-order chi connectivity index (χ0) is 14.0. The Bertz CT molecular complexity index is 581. The monoisotopic (exact) mass is 296 g/mol. The average molecular weight is 297 g/mol. The number of benzene rings is 1. The molecule has 0 atom stereocenters. The highest BCUT2D eigenvalue weighted by Gasteiger charge is 2.16. The van der Waals surface area contributed by atoms with Crippen molar-refractivity contribution in [3.63, 3.8) is 0 Å². The van der Waals surface area contributed by atoms with Crippen LogP contribution >= 0.6 is 22.9 Å². The molecular weight excluding hydrogens is 280 g/mol. The van der Waals surface area contributed by atoms with Crippen molar-refractivity contribution in [1.82, 2.24) is 4.98 Å². The first-order valence-corrected chi connectivity index (χ1v) is 7.29. The molecule has 0 aliphatic heterocycles. The predicted octanol–water partition coefficient (Wildman–Crippen LogP) is 4.05. The molecule has 5 heteroatoms. The number of hydrogen-bond donors (Lipinski definition) is 1. The van der Waals surface area contributed by atoms with E-state index >= 15 is 0 Å². The number of hydrogen-bond acceptors (Lipinski definition) is 4. The van der Waals surface area contributed by atoms with E-state index in [0.29, 0.717) is 17.5 Å². The summed E-state index contributed by atoms with van der Waals surface area (Å²) in [5.74, 6) is 1.10. The van der Waals surface area contributed by atoms with Gasteiger partial charge in [-0.2, -0.15) is 0 Å². The number of nitrogens with zero attached hydrogens (tertiary/aromatic N) is 1. The van der Waals surface area contributed by atoms with Crippen molar-refractivity contribution in [3.8, 4) is 16.3 Å². The van der Waals surface area contributed by atoms with Crippen LogP contribution in [0.5, 0.6) is 5.75 Å². The quantitative estimate of drug-likeness (QED) is 0.926. The van der Waals surface area contributed by atoms with E-state index in [1.54, 1.807) is 24.5 Å². The third-order valence-electron chi connectivity index (χ3n) is 2.85. The lowest BCUT2D eigenvalue weighted by Crippen LogP contribution is -1.99. The van der Waals surface area contributed by atoms with E-state index in [1.165, 1.54) is 0 Å². The Kier molecular flexibility index (Phi) is 4.45. The molecule has 2 aromatic rings. The summed E-state index contributed by atoms with van der Waals surface area (Å²) >= 11 is 7.60. The molecule has 19 heavy (non-hydrogen) atoms. The van der Waals surface area contributed by atoms with Gasteiger partial charge in [0.05, 0.1) is 18.4 Å². The van der Waals surface area contributed by atoms with Gasteiger partial charge in [0.25, 0.3) is 0 Å². The molecule has 2 N–H and O–H groups in total. The molecule has 0 spiro atoms. The second-order valence-corrected chi connectivity index (χ2v) is 6.05. The minimum atomic E-state index is 0.363. The van der Waals surface area contributed by atoms with E-state index in [2.05, 4.69) is 13.8 Å². The van der Waals surface area contributed by atoms with Crippen LogP contribution < -0.4 is 10.5 Å². The highest BCUT2D eigenvalue weighted by atomic mass is 35.5. The second kappa shape index (κ2) is 5.90. The van der Waals surface area contributed by atoms with Gasteiger partial charge in [-0.1, -0.05) is 25.4 Å². The number of rotatable bonds is 4. The molecule has 102 valence electrons. The van der Waals surface area contributed by atoms with E-state index in [-0.39, 0.29) is 0 Å². The fourth-order valence-electron chi connectivity index (χ4n) is 1.92. The Morgan fingerprint density at radius 1 is 1.42 bits per heavy atom. The lowest BCUT2D eigenvalue weighted by Gasteiger charge is -2.06. The Morgan fingerprint density at radius 2 is 2.16 bits per heavy atom. The third-order valence-corrected chi connectivity index (χ3v) is 4.22. The minimum absolute atomic E-state index is 0.363. The Balaban J connectivity index is 2.53. The van der Waals surface area contributed by atoms with Gasteiger partial charge >= 0.3 is 0 Å². The summed E-state index contributed by atoms with van der Waals surface area (Å²) in [6.45, 7) is 4.76. The predicted molar refractivity (Wildman–Crippen MR) is 81.1 cm³/mol. The SMILES string of the molecule is COc1cc(Cl)ccc1-c1nc(C(C)C)c(CN)s1. The molecule has 0 fully saturated rings. The summed E-state index contributed by atoms with van der Waals surface area (Å²) in [7, 11) is 1.63. The van der Waals surface area contributed by atoms with Gasteiger partial charge in [0.2, 0.25) is 0 Å². The van der Waals surface area contributed by atoms with Gasteiger partial charge in [-0.05, 0) is 24.1 Å². The van der Waals surface area contributed by atoms with Gasteiger partial charge in [-0.15, -0.1) is 11.3 Å². The van der Waals surface area contributed by atoms with Gasteiger partial charge in [0, 0.05) is 16.4 Å². The number of methoxy groups -OCH3 is 1. The molecule has 3 nitrogen and oxygen atoms in total. The number of nitrogens with two attached hydrogens (primary N) is 1. The molecule has 0 unspecified atom stereocenters. The number of halogens is 1. The fraction of sp³-hybridized carbons (Fsp3) is 0.357. The van der Waals surface area contributed by atoms with E-state index < -0.39 is 0 Å².